The van der Waals surface area contributed by atoms with Crippen LogP contribution in [0.5, 0.6) is 5.88 Å². The molecule has 202 valence electrons. The van der Waals surface area contributed by atoms with Crippen molar-refractivity contribution < 1.29 is 19.0 Å². The number of anilines is 2. The lowest BCUT2D eigenvalue weighted by molar-refractivity contribution is 0.0792. The van der Waals surface area contributed by atoms with Gasteiger partial charge in [0.2, 0.25) is 17.0 Å². The summed E-state index contributed by atoms with van der Waals surface area (Å²) in [5.74, 6) is 1.38. The lowest BCUT2D eigenvalue weighted by Gasteiger charge is -2.20. The van der Waals surface area contributed by atoms with Crippen molar-refractivity contribution >= 4 is 31.5 Å². The third-order valence-corrected chi connectivity index (χ3v) is 8.27. The van der Waals surface area contributed by atoms with Gasteiger partial charge in [-0.15, -0.1) is 5.10 Å². The lowest BCUT2D eigenvalue weighted by Crippen LogP contribution is -2.22. The summed E-state index contributed by atoms with van der Waals surface area (Å²) in [6.07, 6.45) is 2.29. The van der Waals surface area contributed by atoms with Crippen molar-refractivity contribution in [2.24, 2.45) is 0 Å². The number of rotatable bonds is 14. The summed E-state index contributed by atoms with van der Waals surface area (Å²) in [5.41, 5.74) is 3.00. The predicted octanol–water partition coefficient (Wildman–Crippen LogP) is 6.14. The Morgan fingerprint density at radius 2 is 2.00 bits per heavy atom. The molecule has 2 heterocycles. The van der Waals surface area contributed by atoms with Crippen molar-refractivity contribution in [2.45, 2.75) is 63.8 Å². The average molecular weight is 548 g/mol. The minimum Gasteiger partial charge on any atom is -0.481 e. The molecular weight excluding hydrogens is 509 g/mol. The van der Waals surface area contributed by atoms with Gasteiger partial charge in [-0.2, -0.15) is 4.98 Å². The molecule has 2 N–H and O–H groups in total. The molecular formula is C26H38FN5O3SSi. The van der Waals surface area contributed by atoms with Crippen LogP contribution in [0, 0.1) is 5.82 Å². The minimum absolute atomic E-state index is 0.0449. The molecule has 0 saturated heterocycles. The van der Waals surface area contributed by atoms with Gasteiger partial charge in [0, 0.05) is 44.9 Å². The average Bonchev–Trinajstić information content (AvgIpc) is 3.23. The fraction of sp³-hybridized carbons (Fsp3) is 0.500. The summed E-state index contributed by atoms with van der Waals surface area (Å²) in [6, 6.07) is 7.71. The number of nitrogens with zero attached hydrogens (tertiary/aromatic N) is 4. The Balaban J connectivity index is 2.00. The van der Waals surface area contributed by atoms with Crippen LogP contribution in [0.1, 0.15) is 31.7 Å². The molecule has 0 spiro atoms. The lowest BCUT2D eigenvalue weighted by atomic mass is 9.94. The maximum atomic E-state index is 14.8. The van der Waals surface area contributed by atoms with E-state index < -0.39 is 8.07 Å². The van der Waals surface area contributed by atoms with E-state index in [9.17, 15) is 4.39 Å². The summed E-state index contributed by atoms with van der Waals surface area (Å²) >= 11 is 1.48. The van der Waals surface area contributed by atoms with Crippen molar-refractivity contribution in [1.29, 1.82) is 0 Å². The second-order valence-electron chi connectivity index (χ2n) is 10.3. The number of hydrogen-bond donors (Lipinski definition) is 2. The van der Waals surface area contributed by atoms with Crippen LogP contribution >= 0.6 is 11.8 Å². The molecule has 0 aliphatic heterocycles. The summed E-state index contributed by atoms with van der Waals surface area (Å²) in [5, 5.41) is 17.8. The standard InChI is InChI=1S/C26H38FN5O3SSi/c1-18(2)21-15-20(27)16-22(19-8-9-28-23(14-19)34-3)24(21)29-25-30-26(36-12-7-10-33)31-32(25)17-35-11-13-37(4,5)6/h8-9,14-16,18,33H,7,10-13,17H2,1-6H3,(H,29,30,31). The Morgan fingerprint density at radius 1 is 1.22 bits per heavy atom. The Kier molecular flexibility index (Phi) is 10.5. The van der Waals surface area contributed by atoms with Crippen molar-refractivity contribution in [3.8, 4) is 17.0 Å². The number of halogens is 1. The Bertz CT molecular complexity index is 1170. The first kappa shape index (κ1) is 29.1. The Labute approximate surface area is 224 Å². The summed E-state index contributed by atoms with van der Waals surface area (Å²) in [6.45, 7) is 12.0. The van der Waals surface area contributed by atoms with Gasteiger partial charge >= 0.3 is 0 Å². The van der Waals surface area contributed by atoms with E-state index in [1.165, 1.54) is 17.8 Å². The van der Waals surface area contributed by atoms with Gasteiger partial charge in [-0.1, -0.05) is 45.3 Å². The third-order valence-electron chi connectivity index (χ3n) is 5.64. The summed E-state index contributed by atoms with van der Waals surface area (Å²) < 4.78 is 27.8. The molecule has 0 unspecified atom stereocenters. The van der Waals surface area contributed by atoms with E-state index in [0.717, 1.165) is 22.9 Å². The van der Waals surface area contributed by atoms with Crippen molar-refractivity contribution in [1.82, 2.24) is 19.7 Å². The molecule has 0 atom stereocenters. The number of aromatic nitrogens is 4. The van der Waals surface area contributed by atoms with E-state index in [1.54, 1.807) is 30.1 Å². The van der Waals surface area contributed by atoms with Crippen molar-refractivity contribution in [2.75, 3.05) is 31.4 Å². The van der Waals surface area contributed by atoms with Crippen LogP contribution in [0.4, 0.5) is 16.0 Å². The number of pyridine rings is 1. The topological polar surface area (TPSA) is 94.3 Å². The zero-order valence-electron chi connectivity index (χ0n) is 22.5. The molecule has 0 fully saturated rings. The van der Waals surface area contributed by atoms with E-state index >= 15 is 0 Å². The normalized spacial score (nSPS) is 11.8. The number of hydrogen-bond acceptors (Lipinski definition) is 8. The molecule has 2 aromatic heterocycles. The molecule has 37 heavy (non-hydrogen) atoms. The molecule has 8 nitrogen and oxygen atoms in total. The van der Waals surface area contributed by atoms with Crippen LogP contribution < -0.4 is 10.1 Å². The maximum Gasteiger partial charge on any atom is 0.228 e. The van der Waals surface area contributed by atoms with E-state index in [4.69, 9.17) is 19.6 Å². The first-order chi connectivity index (χ1) is 17.6. The van der Waals surface area contributed by atoms with Crippen LogP contribution in [0.25, 0.3) is 11.1 Å². The zero-order chi connectivity index (χ0) is 27.0. The predicted molar refractivity (Wildman–Crippen MR) is 150 cm³/mol. The number of ether oxygens (including phenoxy) is 2. The van der Waals surface area contributed by atoms with Crippen LogP contribution in [0.3, 0.4) is 0 Å². The molecule has 3 rings (SSSR count). The molecule has 0 bridgehead atoms. The molecule has 1 aromatic carbocycles. The van der Waals surface area contributed by atoms with Crippen LogP contribution in [0.15, 0.2) is 35.6 Å². The van der Waals surface area contributed by atoms with Gasteiger partial charge in [0.05, 0.1) is 12.8 Å². The largest absolute Gasteiger partial charge is 0.481 e. The molecule has 3 aromatic rings. The highest BCUT2D eigenvalue weighted by atomic mass is 32.2. The van der Waals surface area contributed by atoms with Gasteiger partial charge in [-0.3, -0.25) is 0 Å². The van der Waals surface area contributed by atoms with Crippen molar-refractivity contribution in [3.05, 3.63) is 41.8 Å². The number of aliphatic hydroxyl groups is 1. The van der Waals surface area contributed by atoms with E-state index in [1.807, 2.05) is 19.9 Å². The summed E-state index contributed by atoms with van der Waals surface area (Å²) in [4.78, 5) is 8.91. The smallest absolute Gasteiger partial charge is 0.228 e. The maximum absolute atomic E-state index is 14.8. The number of benzene rings is 1. The van der Waals surface area contributed by atoms with Gasteiger partial charge in [0.15, 0.2) is 0 Å². The van der Waals surface area contributed by atoms with Gasteiger partial charge in [-0.25, -0.2) is 14.1 Å². The molecule has 11 heteroatoms. The highest BCUT2D eigenvalue weighted by Gasteiger charge is 2.20. The van der Waals surface area contributed by atoms with E-state index in [2.05, 4.69) is 35.0 Å². The Morgan fingerprint density at radius 3 is 2.68 bits per heavy atom. The SMILES string of the molecule is COc1cc(-c2cc(F)cc(C(C)C)c2Nc2nc(SCCCO)nn2COCC[Si](C)(C)C)ccn1. The molecule has 0 radical (unpaired) electrons. The second-order valence-corrected chi connectivity index (χ2v) is 17.0. The zero-order valence-corrected chi connectivity index (χ0v) is 24.4. The second kappa shape index (κ2) is 13.4. The Hall–Kier alpha value is -2.47. The number of aliphatic hydroxyl groups excluding tert-OH is 1. The van der Waals surface area contributed by atoms with Gasteiger partial charge < -0.3 is 19.9 Å². The van der Waals surface area contributed by atoms with Crippen LogP contribution in [-0.2, 0) is 11.5 Å². The third kappa shape index (κ3) is 8.52. The highest BCUT2D eigenvalue weighted by molar-refractivity contribution is 7.99. The molecule has 0 amide bonds. The van der Waals surface area contributed by atoms with Crippen LogP contribution in [-0.4, -0.2) is 59.0 Å². The quantitative estimate of drug-likeness (QED) is 0.141. The highest BCUT2D eigenvalue weighted by Crippen LogP contribution is 2.38. The first-order valence-corrected chi connectivity index (χ1v) is 17.2. The van der Waals surface area contributed by atoms with Gasteiger partial charge in [-0.05, 0) is 47.7 Å². The number of nitrogens with one attached hydrogen (secondary N) is 1. The summed E-state index contributed by atoms with van der Waals surface area (Å²) in [7, 11) is 0.323. The van der Waals surface area contributed by atoms with Crippen molar-refractivity contribution in [3.63, 3.8) is 0 Å². The fourth-order valence-corrected chi connectivity index (χ4v) is 5.09. The fourth-order valence-electron chi connectivity index (χ4n) is 3.57. The van der Waals surface area contributed by atoms with E-state index in [0.29, 0.717) is 41.3 Å². The van der Waals surface area contributed by atoms with Gasteiger partial charge in [0.1, 0.15) is 12.5 Å². The number of methoxy groups -OCH3 is 1. The van der Waals surface area contributed by atoms with Crippen LogP contribution in [0.2, 0.25) is 25.7 Å². The monoisotopic (exact) mass is 547 g/mol. The molecule has 0 aliphatic carbocycles. The van der Waals surface area contributed by atoms with Gasteiger partial charge in [0.25, 0.3) is 0 Å². The molecule has 0 saturated carbocycles. The molecule has 0 aliphatic rings. The minimum atomic E-state index is -1.23. The first-order valence-electron chi connectivity index (χ1n) is 12.5. The van der Waals surface area contributed by atoms with E-state index in [-0.39, 0.29) is 25.1 Å². The number of thioether (sulfide) groups is 1.